The minimum Gasteiger partial charge on any atom is -0.344 e. The van der Waals surface area contributed by atoms with Crippen molar-refractivity contribution in [1.82, 2.24) is 10.7 Å². The minimum atomic E-state index is -4.51. The quantitative estimate of drug-likeness (QED) is 0.496. The predicted octanol–water partition coefficient (Wildman–Crippen LogP) is 4.51. The molecule has 5 rings (SSSR count). The molecule has 2 N–H and O–H groups in total. The van der Waals surface area contributed by atoms with Crippen LogP contribution < -0.4 is 10.7 Å². The van der Waals surface area contributed by atoms with Gasteiger partial charge in [-0.15, -0.1) is 0 Å². The number of hydrogen-bond donors (Lipinski definition) is 2. The minimum absolute atomic E-state index is 0.0585. The lowest BCUT2D eigenvalue weighted by molar-refractivity contribution is -0.149. The SMILES string of the molecule is CC(C)C(NC(=O)C12CC3CC(CC(C3)C1)C2)C(=O)NN=Cc1ccccc1C(F)(F)F. The van der Waals surface area contributed by atoms with Crippen LogP contribution in [0, 0.1) is 29.1 Å². The molecule has 0 radical (unpaired) electrons. The second-order valence-corrected chi connectivity index (χ2v) is 10.2. The Morgan fingerprint density at radius 1 is 1.06 bits per heavy atom. The summed E-state index contributed by atoms with van der Waals surface area (Å²) in [5.41, 5.74) is 0.976. The topological polar surface area (TPSA) is 70.6 Å². The molecular weight excluding hydrogens is 419 g/mol. The van der Waals surface area contributed by atoms with Crippen LogP contribution in [0.2, 0.25) is 0 Å². The van der Waals surface area contributed by atoms with Gasteiger partial charge in [0.2, 0.25) is 5.91 Å². The molecule has 1 aromatic carbocycles. The number of carbonyl (C=O) groups excluding carboxylic acids is 2. The van der Waals surface area contributed by atoms with Crippen LogP contribution in [0.5, 0.6) is 0 Å². The molecule has 8 heteroatoms. The molecule has 174 valence electrons. The van der Waals surface area contributed by atoms with E-state index in [1.807, 2.05) is 13.8 Å². The summed E-state index contributed by atoms with van der Waals surface area (Å²) < 4.78 is 39.4. The van der Waals surface area contributed by atoms with E-state index in [1.54, 1.807) is 0 Å². The van der Waals surface area contributed by atoms with E-state index in [0.29, 0.717) is 17.8 Å². The molecule has 1 aromatic rings. The molecule has 4 saturated carbocycles. The van der Waals surface area contributed by atoms with Gasteiger partial charge < -0.3 is 5.32 Å². The first-order valence-electron chi connectivity index (χ1n) is 11.4. The monoisotopic (exact) mass is 449 g/mol. The molecule has 0 spiro atoms. The zero-order chi connectivity index (χ0) is 23.1. The van der Waals surface area contributed by atoms with Crippen LogP contribution in [0.1, 0.15) is 63.5 Å². The van der Waals surface area contributed by atoms with Gasteiger partial charge in [-0.1, -0.05) is 32.0 Å². The summed E-state index contributed by atoms with van der Waals surface area (Å²) in [7, 11) is 0. The van der Waals surface area contributed by atoms with Crippen molar-refractivity contribution in [3.63, 3.8) is 0 Å². The first-order chi connectivity index (χ1) is 15.1. The molecule has 0 heterocycles. The predicted molar refractivity (Wildman–Crippen MR) is 115 cm³/mol. The fourth-order valence-corrected chi connectivity index (χ4v) is 6.32. The molecule has 1 atom stereocenters. The average Bonchev–Trinajstić information content (AvgIpc) is 2.70. The number of nitrogens with one attached hydrogen (secondary N) is 2. The van der Waals surface area contributed by atoms with Crippen LogP contribution in [0.15, 0.2) is 29.4 Å². The van der Waals surface area contributed by atoms with Gasteiger partial charge in [-0.05, 0) is 68.3 Å². The molecule has 4 aliphatic rings. The highest BCUT2D eigenvalue weighted by molar-refractivity contribution is 5.91. The Balaban J connectivity index is 1.42. The second kappa shape index (κ2) is 8.52. The first-order valence-corrected chi connectivity index (χ1v) is 11.4. The Hall–Kier alpha value is -2.38. The lowest BCUT2D eigenvalue weighted by Gasteiger charge is -2.55. The van der Waals surface area contributed by atoms with Crippen molar-refractivity contribution < 1.29 is 22.8 Å². The number of nitrogens with zero attached hydrogens (tertiary/aromatic N) is 1. The van der Waals surface area contributed by atoms with E-state index in [-0.39, 0.29) is 22.8 Å². The van der Waals surface area contributed by atoms with Gasteiger partial charge in [0.05, 0.1) is 11.8 Å². The third-order valence-electron chi connectivity index (χ3n) is 7.40. The van der Waals surface area contributed by atoms with Crippen molar-refractivity contribution in [2.75, 3.05) is 0 Å². The maximum atomic E-state index is 13.3. The van der Waals surface area contributed by atoms with Crippen LogP contribution >= 0.6 is 0 Å². The number of halogens is 3. The molecule has 1 unspecified atom stereocenters. The highest BCUT2D eigenvalue weighted by Gasteiger charge is 2.55. The zero-order valence-electron chi connectivity index (χ0n) is 18.4. The van der Waals surface area contributed by atoms with Gasteiger partial charge >= 0.3 is 6.18 Å². The molecule has 2 amide bonds. The fraction of sp³-hybridized carbons (Fsp3) is 0.625. The molecule has 4 fully saturated rings. The highest BCUT2D eigenvalue weighted by Crippen LogP contribution is 2.60. The van der Waals surface area contributed by atoms with Crippen molar-refractivity contribution in [2.45, 2.75) is 64.6 Å². The summed E-state index contributed by atoms with van der Waals surface area (Å²) >= 11 is 0. The lowest BCUT2D eigenvalue weighted by Crippen LogP contribution is -2.58. The van der Waals surface area contributed by atoms with E-state index < -0.39 is 23.7 Å². The molecule has 32 heavy (non-hydrogen) atoms. The number of hydrogen-bond acceptors (Lipinski definition) is 3. The van der Waals surface area contributed by atoms with Crippen molar-refractivity contribution in [1.29, 1.82) is 0 Å². The van der Waals surface area contributed by atoms with Gasteiger partial charge in [0.15, 0.2) is 0 Å². The lowest BCUT2D eigenvalue weighted by atomic mass is 9.49. The van der Waals surface area contributed by atoms with Gasteiger partial charge in [0, 0.05) is 11.0 Å². The standard InChI is InChI=1S/C24H30F3N3O2/c1-14(2)20(21(31)30-28-13-18-5-3-4-6-19(18)24(25,26)27)29-22(32)23-10-15-7-16(11-23)9-17(8-15)12-23/h3-6,13-17,20H,7-12H2,1-2H3,(H,29,32)(H,30,31). The largest absolute Gasteiger partial charge is 0.417 e. The number of carbonyl (C=O) groups is 2. The normalized spacial score (nSPS) is 30.0. The van der Waals surface area contributed by atoms with Crippen LogP contribution in [0.3, 0.4) is 0 Å². The Morgan fingerprint density at radius 2 is 1.62 bits per heavy atom. The maximum Gasteiger partial charge on any atom is 0.417 e. The molecule has 4 bridgehead atoms. The third kappa shape index (κ3) is 4.55. The Bertz CT molecular complexity index is 875. The molecule has 0 saturated heterocycles. The van der Waals surface area contributed by atoms with E-state index in [4.69, 9.17) is 0 Å². The smallest absolute Gasteiger partial charge is 0.344 e. The van der Waals surface area contributed by atoms with Crippen molar-refractivity contribution >= 4 is 18.0 Å². The number of benzene rings is 1. The fourth-order valence-electron chi connectivity index (χ4n) is 6.32. The van der Waals surface area contributed by atoms with Crippen LogP contribution in [0.4, 0.5) is 13.2 Å². The van der Waals surface area contributed by atoms with E-state index in [0.717, 1.165) is 31.5 Å². The highest BCUT2D eigenvalue weighted by atomic mass is 19.4. The maximum absolute atomic E-state index is 13.3. The van der Waals surface area contributed by atoms with E-state index in [1.165, 1.54) is 37.5 Å². The molecule has 0 aromatic heterocycles. The van der Waals surface area contributed by atoms with Crippen LogP contribution in [0.25, 0.3) is 0 Å². The van der Waals surface area contributed by atoms with Gasteiger partial charge in [-0.2, -0.15) is 18.3 Å². The zero-order valence-corrected chi connectivity index (χ0v) is 18.4. The average molecular weight is 450 g/mol. The number of alkyl halides is 3. The third-order valence-corrected chi connectivity index (χ3v) is 7.40. The number of amides is 2. The molecular formula is C24H30F3N3O2. The van der Waals surface area contributed by atoms with E-state index in [2.05, 4.69) is 15.8 Å². The Kier molecular flexibility index (Phi) is 6.07. The molecule has 0 aliphatic heterocycles. The summed E-state index contributed by atoms with van der Waals surface area (Å²) in [6, 6.07) is 4.22. The van der Waals surface area contributed by atoms with Gasteiger partial charge in [-0.25, -0.2) is 5.43 Å². The summed E-state index contributed by atoms with van der Waals surface area (Å²) in [4.78, 5) is 26.1. The van der Waals surface area contributed by atoms with Crippen molar-refractivity contribution in [2.24, 2.45) is 34.2 Å². The van der Waals surface area contributed by atoms with Crippen molar-refractivity contribution in [3.05, 3.63) is 35.4 Å². The summed E-state index contributed by atoms with van der Waals surface area (Å²) in [5, 5.41) is 6.70. The Morgan fingerprint density at radius 3 is 2.16 bits per heavy atom. The summed E-state index contributed by atoms with van der Waals surface area (Å²) in [6.07, 6.45) is 2.80. The number of hydrazone groups is 1. The Labute approximate surface area is 186 Å². The van der Waals surface area contributed by atoms with Gasteiger partial charge in [-0.3, -0.25) is 9.59 Å². The second-order valence-electron chi connectivity index (χ2n) is 10.2. The van der Waals surface area contributed by atoms with Gasteiger partial charge in [0.25, 0.3) is 5.91 Å². The van der Waals surface area contributed by atoms with E-state index in [9.17, 15) is 22.8 Å². The summed E-state index contributed by atoms with van der Waals surface area (Å²) in [5.74, 6) is 1.05. The first kappa shape index (κ1) is 22.8. The molecule has 4 aliphatic carbocycles. The van der Waals surface area contributed by atoms with Crippen LogP contribution in [-0.4, -0.2) is 24.1 Å². The van der Waals surface area contributed by atoms with Gasteiger partial charge in [0.1, 0.15) is 6.04 Å². The van der Waals surface area contributed by atoms with Crippen molar-refractivity contribution in [3.8, 4) is 0 Å². The summed E-state index contributed by atoms with van der Waals surface area (Å²) in [6.45, 7) is 3.65. The van der Waals surface area contributed by atoms with E-state index >= 15 is 0 Å². The number of rotatable bonds is 6. The molecule has 5 nitrogen and oxygen atoms in total. The van der Waals surface area contributed by atoms with Crippen LogP contribution in [-0.2, 0) is 15.8 Å².